The van der Waals surface area contributed by atoms with Gasteiger partial charge < -0.3 is 20.1 Å². The third kappa shape index (κ3) is 3.14. The molecule has 0 amide bonds. The smallest absolute Gasteiger partial charge is 0.0928 e. The number of aliphatic hydroxyl groups is 1. The van der Waals surface area contributed by atoms with Gasteiger partial charge in [-0.2, -0.15) is 0 Å². The first kappa shape index (κ1) is 11.3. The van der Waals surface area contributed by atoms with E-state index < -0.39 is 0 Å². The molecule has 15 heavy (non-hydrogen) atoms. The lowest BCUT2D eigenvalue weighted by molar-refractivity contribution is -0.111. The van der Waals surface area contributed by atoms with Crippen molar-refractivity contribution in [2.45, 2.75) is 37.6 Å². The van der Waals surface area contributed by atoms with Gasteiger partial charge in [-0.3, -0.25) is 0 Å². The summed E-state index contributed by atoms with van der Waals surface area (Å²) in [6, 6.07) is 0. The van der Waals surface area contributed by atoms with E-state index in [-0.39, 0.29) is 12.2 Å². The first-order valence-corrected chi connectivity index (χ1v) is 5.98. The Morgan fingerprint density at radius 1 is 1.27 bits per heavy atom. The van der Waals surface area contributed by atoms with Crippen molar-refractivity contribution in [2.24, 2.45) is 0 Å². The van der Waals surface area contributed by atoms with E-state index in [2.05, 4.69) is 10.2 Å². The summed E-state index contributed by atoms with van der Waals surface area (Å²) >= 11 is 0. The lowest BCUT2D eigenvalue weighted by Gasteiger charge is -2.36. The number of aliphatic hydroxyl groups excluding tert-OH is 1. The number of likely N-dealkylation sites (N-methyl/N-ethyl adjacent to an activating group) is 1. The minimum absolute atomic E-state index is 0.0595. The SMILES string of the molecule is CN1CCC(OC2CCNCC2)C(O)C1. The third-order valence-corrected chi connectivity index (χ3v) is 3.38. The van der Waals surface area contributed by atoms with E-state index in [1.807, 2.05) is 7.05 Å². The van der Waals surface area contributed by atoms with Crippen LogP contribution in [0, 0.1) is 0 Å². The van der Waals surface area contributed by atoms with Crippen LogP contribution < -0.4 is 5.32 Å². The van der Waals surface area contributed by atoms with Crippen LogP contribution in [0.2, 0.25) is 0 Å². The fourth-order valence-corrected chi connectivity index (χ4v) is 2.41. The number of piperidine rings is 2. The van der Waals surface area contributed by atoms with Gasteiger partial charge in [0.15, 0.2) is 0 Å². The van der Waals surface area contributed by atoms with Crippen LogP contribution >= 0.6 is 0 Å². The van der Waals surface area contributed by atoms with E-state index in [0.29, 0.717) is 6.10 Å². The second kappa shape index (κ2) is 5.25. The number of rotatable bonds is 2. The maximum Gasteiger partial charge on any atom is 0.0928 e. The quantitative estimate of drug-likeness (QED) is 0.669. The van der Waals surface area contributed by atoms with Crippen molar-refractivity contribution in [3.05, 3.63) is 0 Å². The molecule has 2 saturated heterocycles. The molecular weight excluding hydrogens is 192 g/mol. The van der Waals surface area contributed by atoms with Crippen molar-refractivity contribution in [2.75, 3.05) is 33.2 Å². The van der Waals surface area contributed by atoms with Gasteiger partial charge >= 0.3 is 0 Å². The molecule has 2 unspecified atom stereocenters. The summed E-state index contributed by atoms with van der Waals surface area (Å²) in [7, 11) is 2.05. The predicted octanol–water partition coefficient (Wildman–Crippen LogP) is -0.180. The maximum absolute atomic E-state index is 9.89. The highest BCUT2D eigenvalue weighted by molar-refractivity contribution is 4.81. The molecule has 0 aromatic carbocycles. The Morgan fingerprint density at radius 3 is 2.67 bits per heavy atom. The second-order valence-electron chi connectivity index (χ2n) is 4.74. The summed E-state index contributed by atoms with van der Waals surface area (Å²) in [4.78, 5) is 2.16. The largest absolute Gasteiger partial charge is 0.389 e. The number of ether oxygens (including phenoxy) is 1. The molecule has 2 atom stereocenters. The van der Waals surface area contributed by atoms with Crippen LogP contribution in [0.5, 0.6) is 0 Å². The van der Waals surface area contributed by atoms with Gasteiger partial charge in [-0.1, -0.05) is 0 Å². The topological polar surface area (TPSA) is 44.7 Å². The molecule has 2 aliphatic rings. The van der Waals surface area contributed by atoms with E-state index in [9.17, 15) is 5.11 Å². The Bertz CT molecular complexity index is 195. The van der Waals surface area contributed by atoms with Crippen LogP contribution in [0.25, 0.3) is 0 Å². The second-order valence-corrected chi connectivity index (χ2v) is 4.74. The molecule has 0 aromatic heterocycles. The fourth-order valence-electron chi connectivity index (χ4n) is 2.41. The van der Waals surface area contributed by atoms with Gasteiger partial charge in [0.1, 0.15) is 0 Å². The predicted molar refractivity (Wildman–Crippen MR) is 58.9 cm³/mol. The van der Waals surface area contributed by atoms with Crippen molar-refractivity contribution in [1.82, 2.24) is 10.2 Å². The Labute approximate surface area is 91.6 Å². The molecule has 2 fully saturated rings. The van der Waals surface area contributed by atoms with Crippen molar-refractivity contribution < 1.29 is 9.84 Å². The molecule has 0 radical (unpaired) electrons. The summed E-state index contributed by atoms with van der Waals surface area (Å²) in [5, 5.41) is 13.2. The van der Waals surface area contributed by atoms with Crippen molar-refractivity contribution >= 4 is 0 Å². The van der Waals surface area contributed by atoms with Crippen molar-refractivity contribution in [3.63, 3.8) is 0 Å². The number of hydrogen-bond donors (Lipinski definition) is 2. The van der Waals surface area contributed by atoms with Gasteiger partial charge in [0.05, 0.1) is 18.3 Å². The zero-order valence-electron chi connectivity index (χ0n) is 9.48. The lowest BCUT2D eigenvalue weighted by Crippen LogP contribution is -2.48. The fraction of sp³-hybridized carbons (Fsp3) is 1.00. The number of β-amino-alcohol motifs (C(OH)–C–C–N with tert-alkyl or cyclic N) is 1. The van der Waals surface area contributed by atoms with E-state index >= 15 is 0 Å². The van der Waals surface area contributed by atoms with Gasteiger partial charge in [-0.05, 0) is 39.4 Å². The average Bonchev–Trinajstić information content (AvgIpc) is 2.24. The summed E-state index contributed by atoms with van der Waals surface area (Å²) < 4.78 is 5.98. The summed E-state index contributed by atoms with van der Waals surface area (Å²) in [5.41, 5.74) is 0. The van der Waals surface area contributed by atoms with E-state index in [4.69, 9.17) is 4.74 Å². The molecule has 0 aromatic rings. The zero-order valence-corrected chi connectivity index (χ0v) is 9.48. The minimum Gasteiger partial charge on any atom is -0.389 e. The molecule has 2 N–H and O–H groups in total. The van der Waals surface area contributed by atoms with Gasteiger partial charge in [0, 0.05) is 13.1 Å². The zero-order chi connectivity index (χ0) is 10.7. The lowest BCUT2D eigenvalue weighted by atomic mass is 10.0. The third-order valence-electron chi connectivity index (χ3n) is 3.38. The van der Waals surface area contributed by atoms with Crippen molar-refractivity contribution in [3.8, 4) is 0 Å². The van der Waals surface area contributed by atoms with Crippen LogP contribution in [0.1, 0.15) is 19.3 Å². The molecule has 4 heteroatoms. The summed E-state index contributed by atoms with van der Waals surface area (Å²) in [5.74, 6) is 0. The van der Waals surface area contributed by atoms with Crippen molar-refractivity contribution in [1.29, 1.82) is 0 Å². The molecule has 0 aliphatic carbocycles. The normalized spacial score (nSPS) is 35.6. The number of likely N-dealkylation sites (tertiary alicyclic amines) is 1. The maximum atomic E-state index is 9.89. The molecule has 0 bridgehead atoms. The molecule has 0 spiro atoms. The Kier molecular flexibility index (Phi) is 3.97. The minimum atomic E-state index is -0.307. The first-order valence-electron chi connectivity index (χ1n) is 5.98. The molecule has 2 rings (SSSR count). The highest BCUT2D eigenvalue weighted by Gasteiger charge is 2.29. The van der Waals surface area contributed by atoms with E-state index in [1.165, 1.54) is 0 Å². The van der Waals surface area contributed by atoms with Crippen LogP contribution in [0.4, 0.5) is 0 Å². The Morgan fingerprint density at radius 2 is 2.00 bits per heavy atom. The highest BCUT2D eigenvalue weighted by atomic mass is 16.5. The van der Waals surface area contributed by atoms with Crippen LogP contribution in [0.15, 0.2) is 0 Å². The first-order chi connectivity index (χ1) is 7.25. The molecule has 88 valence electrons. The molecular formula is C11H22N2O2. The number of nitrogens with zero attached hydrogens (tertiary/aromatic N) is 1. The van der Waals surface area contributed by atoms with Crippen LogP contribution in [-0.4, -0.2) is 61.5 Å². The number of nitrogens with one attached hydrogen (secondary N) is 1. The van der Waals surface area contributed by atoms with Gasteiger partial charge in [0.25, 0.3) is 0 Å². The van der Waals surface area contributed by atoms with E-state index in [0.717, 1.165) is 45.4 Å². The number of hydrogen-bond acceptors (Lipinski definition) is 4. The van der Waals surface area contributed by atoms with E-state index in [1.54, 1.807) is 0 Å². The average molecular weight is 214 g/mol. The monoisotopic (exact) mass is 214 g/mol. The van der Waals surface area contributed by atoms with Crippen LogP contribution in [0.3, 0.4) is 0 Å². The Balaban J connectivity index is 1.77. The van der Waals surface area contributed by atoms with Gasteiger partial charge in [-0.15, -0.1) is 0 Å². The standard InChI is InChI=1S/C11H22N2O2/c1-13-7-4-11(10(14)8-13)15-9-2-5-12-6-3-9/h9-12,14H,2-8H2,1H3. The Hall–Kier alpha value is -0.160. The van der Waals surface area contributed by atoms with Crippen LogP contribution in [-0.2, 0) is 4.74 Å². The molecule has 2 aliphatic heterocycles. The molecule has 4 nitrogen and oxygen atoms in total. The van der Waals surface area contributed by atoms with Gasteiger partial charge in [0.2, 0.25) is 0 Å². The molecule has 0 saturated carbocycles. The highest BCUT2D eigenvalue weighted by Crippen LogP contribution is 2.18. The van der Waals surface area contributed by atoms with Gasteiger partial charge in [-0.25, -0.2) is 0 Å². The molecule has 2 heterocycles. The summed E-state index contributed by atoms with van der Waals surface area (Å²) in [6.07, 6.45) is 3.23. The summed E-state index contributed by atoms with van der Waals surface area (Å²) in [6.45, 7) is 3.88.